The fraction of sp³-hybridized carbons (Fsp3) is 0.565. The second kappa shape index (κ2) is 12.6. The largest absolute Gasteiger partial charge is 0.508 e. The molecule has 0 aliphatic carbocycles. The van der Waals surface area contributed by atoms with Gasteiger partial charge in [-0.25, -0.2) is 4.79 Å². The van der Waals surface area contributed by atoms with Crippen LogP contribution in [0.15, 0.2) is 24.3 Å². The predicted molar refractivity (Wildman–Crippen MR) is 129 cm³/mol. The zero-order chi connectivity index (χ0) is 25.4. The lowest BCUT2D eigenvalue weighted by atomic mass is 9.98. The van der Waals surface area contributed by atoms with Gasteiger partial charge in [-0.05, 0) is 36.5 Å². The van der Waals surface area contributed by atoms with Crippen LogP contribution in [0.1, 0.15) is 38.7 Å². The zero-order valence-electron chi connectivity index (χ0n) is 19.4. The molecular formula is C23H34N4O6S. The predicted octanol–water partition coefficient (Wildman–Crippen LogP) is 0.283. The first-order chi connectivity index (χ1) is 16.1. The van der Waals surface area contributed by atoms with Gasteiger partial charge in [-0.2, -0.15) is 12.6 Å². The number of carbonyl (C=O) groups excluding carboxylic acids is 3. The summed E-state index contributed by atoms with van der Waals surface area (Å²) in [5.74, 6) is -2.81. The molecule has 1 saturated heterocycles. The molecule has 6 N–H and O–H groups in total. The second-order valence-corrected chi connectivity index (χ2v) is 8.98. The highest BCUT2D eigenvalue weighted by Gasteiger charge is 2.38. The number of aliphatic carboxylic acids is 1. The normalized spacial score (nSPS) is 19.1. The van der Waals surface area contributed by atoms with Crippen LogP contribution in [0.25, 0.3) is 0 Å². The summed E-state index contributed by atoms with van der Waals surface area (Å²) in [6.45, 7) is 4.03. The summed E-state index contributed by atoms with van der Waals surface area (Å²) < 4.78 is 0. The Morgan fingerprint density at radius 3 is 2.32 bits per heavy atom. The third-order valence-corrected chi connectivity index (χ3v) is 6.55. The number of carbonyl (C=O) groups is 4. The number of amides is 3. The molecule has 10 nitrogen and oxygen atoms in total. The van der Waals surface area contributed by atoms with Crippen molar-refractivity contribution in [2.45, 2.75) is 63.7 Å². The lowest BCUT2D eigenvalue weighted by molar-refractivity contribution is -0.149. The van der Waals surface area contributed by atoms with Crippen molar-refractivity contribution in [3.63, 3.8) is 0 Å². The van der Waals surface area contributed by atoms with Crippen LogP contribution in [0.4, 0.5) is 0 Å². The van der Waals surface area contributed by atoms with Gasteiger partial charge < -0.3 is 31.5 Å². The van der Waals surface area contributed by atoms with Crippen LogP contribution in [0.3, 0.4) is 0 Å². The number of nitrogens with zero attached hydrogens (tertiary/aromatic N) is 1. The minimum atomic E-state index is -1.09. The first-order valence-electron chi connectivity index (χ1n) is 11.4. The molecule has 1 fully saturated rings. The Balaban J connectivity index is 2.19. The van der Waals surface area contributed by atoms with Gasteiger partial charge in [-0.15, -0.1) is 0 Å². The molecule has 1 aliphatic rings. The molecule has 5 atom stereocenters. The molecule has 2 rings (SSSR count). The van der Waals surface area contributed by atoms with Crippen LogP contribution in [0, 0.1) is 5.92 Å². The lowest BCUT2D eigenvalue weighted by Crippen LogP contribution is -2.58. The number of likely N-dealkylation sites (tertiary alicyclic amines) is 1. The van der Waals surface area contributed by atoms with Crippen molar-refractivity contribution in [3.05, 3.63) is 29.8 Å². The number of thiol groups is 1. The molecule has 188 valence electrons. The van der Waals surface area contributed by atoms with Gasteiger partial charge in [-0.3, -0.25) is 14.4 Å². The summed E-state index contributed by atoms with van der Waals surface area (Å²) in [6.07, 6.45) is 1.69. The number of carboxylic acid groups (broad SMARTS) is 1. The van der Waals surface area contributed by atoms with E-state index in [0.29, 0.717) is 24.8 Å². The number of phenols is 1. The van der Waals surface area contributed by atoms with Gasteiger partial charge in [0.25, 0.3) is 0 Å². The third kappa shape index (κ3) is 7.10. The molecule has 0 radical (unpaired) electrons. The van der Waals surface area contributed by atoms with Crippen LogP contribution >= 0.6 is 12.6 Å². The fourth-order valence-corrected chi connectivity index (χ4v) is 4.05. The highest BCUT2D eigenvalue weighted by atomic mass is 32.1. The maximum Gasteiger partial charge on any atom is 0.326 e. The summed E-state index contributed by atoms with van der Waals surface area (Å²) in [5, 5.41) is 24.2. The van der Waals surface area contributed by atoms with E-state index in [4.69, 9.17) is 5.73 Å². The Kier molecular flexibility index (Phi) is 10.2. The Bertz CT molecular complexity index is 881. The second-order valence-electron chi connectivity index (χ2n) is 8.61. The highest BCUT2D eigenvalue weighted by Crippen LogP contribution is 2.19. The van der Waals surface area contributed by atoms with Crippen molar-refractivity contribution in [2.24, 2.45) is 11.7 Å². The van der Waals surface area contributed by atoms with Gasteiger partial charge >= 0.3 is 5.97 Å². The van der Waals surface area contributed by atoms with Gasteiger partial charge in [0, 0.05) is 18.7 Å². The summed E-state index contributed by atoms with van der Waals surface area (Å²) in [6, 6.07) is 2.33. The Hall–Kier alpha value is -2.79. The molecule has 11 heteroatoms. The number of nitrogens with one attached hydrogen (secondary N) is 2. The molecule has 0 bridgehead atoms. The molecular weight excluding hydrogens is 460 g/mol. The van der Waals surface area contributed by atoms with E-state index in [0.717, 1.165) is 0 Å². The first kappa shape index (κ1) is 27.5. The third-order valence-electron chi connectivity index (χ3n) is 6.19. The van der Waals surface area contributed by atoms with Gasteiger partial charge in [0.15, 0.2) is 0 Å². The molecule has 5 unspecified atom stereocenters. The van der Waals surface area contributed by atoms with Crippen molar-refractivity contribution < 1.29 is 29.4 Å². The molecule has 34 heavy (non-hydrogen) atoms. The van der Waals surface area contributed by atoms with Crippen molar-refractivity contribution >= 4 is 36.3 Å². The van der Waals surface area contributed by atoms with Crippen LogP contribution in [0.2, 0.25) is 0 Å². The molecule has 1 aromatic carbocycles. The molecule has 1 aromatic rings. The van der Waals surface area contributed by atoms with Gasteiger partial charge in [0.2, 0.25) is 17.7 Å². The topological polar surface area (TPSA) is 162 Å². The van der Waals surface area contributed by atoms with Gasteiger partial charge in [-0.1, -0.05) is 32.4 Å². The summed E-state index contributed by atoms with van der Waals surface area (Å²) >= 11 is 4.18. The van der Waals surface area contributed by atoms with E-state index in [9.17, 15) is 29.4 Å². The fourth-order valence-electron chi connectivity index (χ4n) is 3.80. The molecule has 0 aromatic heterocycles. The zero-order valence-corrected chi connectivity index (χ0v) is 20.3. The van der Waals surface area contributed by atoms with Crippen LogP contribution < -0.4 is 16.4 Å². The summed E-state index contributed by atoms with van der Waals surface area (Å²) in [7, 11) is 0. The van der Waals surface area contributed by atoms with Crippen molar-refractivity contribution in [1.29, 1.82) is 0 Å². The van der Waals surface area contributed by atoms with E-state index in [1.807, 2.05) is 13.8 Å². The van der Waals surface area contributed by atoms with Crippen molar-refractivity contribution in [2.75, 3.05) is 12.3 Å². The van der Waals surface area contributed by atoms with E-state index in [2.05, 4.69) is 23.3 Å². The number of nitrogens with two attached hydrogens (primary N) is 1. The van der Waals surface area contributed by atoms with Gasteiger partial charge in [0.05, 0.1) is 6.04 Å². The monoisotopic (exact) mass is 494 g/mol. The molecule has 0 saturated carbocycles. The summed E-state index contributed by atoms with van der Waals surface area (Å²) in [5.41, 5.74) is 6.71. The van der Waals surface area contributed by atoms with E-state index >= 15 is 0 Å². The number of hydrogen-bond acceptors (Lipinski definition) is 7. The van der Waals surface area contributed by atoms with Crippen LogP contribution in [-0.4, -0.2) is 75.3 Å². The van der Waals surface area contributed by atoms with E-state index < -0.39 is 47.9 Å². The quantitative estimate of drug-likeness (QED) is 0.241. The Morgan fingerprint density at radius 2 is 1.76 bits per heavy atom. The van der Waals surface area contributed by atoms with Crippen LogP contribution in [-0.2, 0) is 25.6 Å². The number of phenolic OH excluding ortho intramolecular Hbond substituents is 1. The van der Waals surface area contributed by atoms with E-state index in [-0.39, 0.29) is 30.4 Å². The number of aromatic hydroxyl groups is 1. The average molecular weight is 495 g/mol. The maximum atomic E-state index is 13.2. The highest BCUT2D eigenvalue weighted by molar-refractivity contribution is 7.80. The Morgan fingerprint density at radius 1 is 1.15 bits per heavy atom. The van der Waals surface area contributed by atoms with E-state index in [1.54, 1.807) is 12.1 Å². The minimum absolute atomic E-state index is 0.0420. The van der Waals surface area contributed by atoms with Crippen molar-refractivity contribution in [1.82, 2.24) is 15.5 Å². The average Bonchev–Trinajstić information content (AvgIpc) is 3.32. The first-order valence-corrected chi connectivity index (χ1v) is 12.0. The molecule has 0 spiro atoms. The van der Waals surface area contributed by atoms with Crippen molar-refractivity contribution in [3.8, 4) is 5.75 Å². The molecule has 1 aliphatic heterocycles. The maximum absolute atomic E-state index is 13.2. The van der Waals surface area contributed by atoms with E-state index in [1.165, 1.54) is 17.0 Å². The molecule has 3 amide bonds. The SMILES string of the molecule is CCC(C)C(N)C(=O)NC(Cc1ccc(O)cc1)C(=O)NC(CS)C(=O)N1CCCC1C(=O)O. The number of rotatable bonds is 11. The standard InChI is InChI=1S/C23H34N4O6S/c1-3-13(2)19(24)21(30)25-16(11-14-6-8-15(28)9-7-14)20(29)26-17(12-34)22(31)27-10-4-5-18(27)23(32)33/h6-9,13,16-19,28,34H,3-5,10-12,24H2,1-2H3,(H,25,30)(H,26,29)(H,32,33). The summed E-state index contributed by atoms with van der Waals surface area (Å²) in [4.78, 5) is 51.6. The Labute approximate surface area is 204 Å². The lowest BCUT2D eigenvalue weighted by Gasteiger charge is -2.28. The smallest absolute Gasteiger partial charge is 0.326 e. The number of carboxylic acids is 1. The molecule has 1 heterocycles. The number of hydrogen-bond donors (Lipinski definition) is 6. The number of benzene rings is 1. The van der Waals surface area contributed by atoms with Crippen LogP contribution in [0.5, 0.6) is 5.75 Å². The van der Waals surface area contributed by atoms with Gasteiger partial charge in [0.1, 0.15) is 23.9 Å². The minimum Gasteiger partial charge on any atom is -0.508 e.